The summed E-state index contributed by atoms with van der Waals surface area (Å²) in [6, 6.07) is 10.4. The average Bonchev–Trinajstić information content (AvgIpc) is 2.41. The van der Waals surface area contributed by atoms with Crippen LogP contribution in [0.15, 0.2) is 30.3 Å². The van der Waals surface area contributed by atoms with E-state index in [1.165, 1.54) is 12.0 Å². The van der Waals surface area contributed by atoms with Crippen molar-refractivity contribution in [2.75, 3.05) is 0 Å². The Morgan fingerprint density at radius 1 is 1.12 bits per heavy atom. The highest BCUT2D eigenvalue weighted by Crippen LogP contribution is 2.41. The Kier molecular flexibility index (Phi) is 2.85. The van der Waals surface area contributed by atoms with Crippen LogP contribution in [0.5, 0.6) is 0 Å². The molecule has 1 saturated carbocycles. The fourth-order valence-electron chi connectivity index (χ4n) is 3.11. The van der Waals surface area contributed by atoms with Gasteiger partial charge in [0.2, 0.25) is 0 Å². The molecule has 3 unspecified atom stereocenters. The third kappa shape index (κ3) is 1.95. The molecule has 2 aliphatic rings. The largest absolute Gasteiger partial charge is 0.370 e. The van der Waals surface area contributed by atoms with Crippen molar-refractivity contribution in [3.05, 3.63) is 35.9 Å². The summed E-state index contributed by atoms with van der Waals surface area (Å²) in [6.45, 7) is 0. The zero-order valence-electron chi connectivity index (χ0n) is 9.76. The first-order valence-electron chi connectivity index (χ1n) is 6.37. The molecule has 90 valence electrons. The standard InChI is InChI=1S/C14H17NO2/c16-14-12-9-5-4-8-11(12)13(15-17-14)10-6-2-1-3-7-10/h1-3,6-7,11-13,15H,4-5,8-9H2. The molecule has 1 aromatic carbocycles. The molecule has 0 bridgehead atoms. The highest BCUT2D eigenvalue weighted by atomic mass is 16.7. The number of benzene rings is 1. The minimum Gasteiger partial charge on any atom is -0.370 e. The van der Waals surface area contributed by atoms with Crippen LogP contribution in [0.3, 0.4) is 0 Å². The van der Waals surface area contributed by atoms with Gasteiger partial charge in [0.05, 0.1) is 12.0 Å². The molecule has 1 heterocycles. The van der Waals surface area contributed by atoms with Crippen molar-refractivity contribution >= 4 is 5.97 Å². The lowest BCUT2D eigenvalue weighted by Gasteiger charge is -2.39. The second-order valence-corrected chi connectivity index (χ2v) is 4.98. The highest BCUT2D eigenvalue weighted by molar-refractivity contribution is 5.73. The van der Waals surface area contributed by atoms with Gasteiger partial charge in [-0.05, 0) is 24.3 Å². The molecule has 1 saturated heterocycles. The quantitative estimate of drug-likeness (QED) is 0.807. The van der Waals surface area contributed by atoms with Crippen molar-refractivity contribution in [3.8, 4) is 0 Å². The summed E-state index contributed by atoms with van der Waals surface area (Å²) in [6.07, 6.45) is 4.47. The summed E-state index contributed by atoms with van der Waals surface area (Å²) in [7, 11) is 0. The third-order valence-electron chi connectivity index (χ3n) is 4.00. The number of hydroxylamine groups is 1. The lowest BCUT2D eigenvalue weighted by molar-refractivity contribution is -0.174. The predicted molar refractivity (Wildman–Crippen MR) is 63.9 cm³/mol. The first kappa shape index (κ1) is 10.8. The molecular weight excluding hydrogens is 214 g/mol. The molecule has 1 N–H and O–H groups in total. The molecule has 3 heteroatoms. The maximum absolute atomic E-state index is 11.7. The second-order valence-electron chi connectivity index (χ2n) is 4.98. The fourth-order valence-corrected chi connectivity index (χ4v) is 3.11. The molecule has 3 rings (SSSR count). The molecule has 17 heavy (non-hydrogen) atoms. The van der Waals surface area contributed by atoms with Gasteiger partial charge in [-0.1, -0.05) is 43.2 Å². The number of rotatable bonds is 1. The summed E-state index contributed by atoms with van der Waals surface area (Å²) < 4.78 is 0. The number of nitrogens with one attached hydrogen (secondary N) is 1. The first-order valence-corrected chi connectivity index (χ1v) is 6.37. The molecule has 3 nitrogen and oxygen atoms in total. The molecule has 0 aromatic heterocycles. The van der Waals surface area contributed by atoms with Crippen molar-refractivity contribution in [2.24, 2.45) is 11.8 Å². The van der Waals surface area contributed by atoms with Crippen LogP contribution in [-0.4, -0.2) is 5.97 Å². The van der Waals surface area contributed by atoms with Crippen molar-refractivity contribution in [2.45, 2.75) is 31.7 Å². The lowest BCUT2D eigenvalue weighted by Crippen LogP contribution is -2.46. The Balaban J connectivity index is 1.87. The second kappa shape index (κ2) is 4.49. The van der Waals surface area contributed by atoms with E-state index in [2.05, 4.69) is 17.6 Å². The highest BCUT2D eigenvalue weighted by Gasteiger charge is 2.42. The van der Waals surface area contributed by atoms with Crippen molar-refractivity contribution < 1.29 is 9.63 Å². The summed E-state index contributed by atoms with van der Waals surface area (Å²) in [5, 5.41) is 0. The van der Waals surface area contributed by atoms with Crippen molar-refractivity contribution in [1.29, 1.82) is 0 Å². The van der Waals surface area contributed by atoms with E-state index in [0.717, 1.165) is 19.3 Å². The van der Waals surface area contributed by atoms with Crippen LogP contribution in [0.1, 0.15) is 37.3 Å². The Morgan fingerprint density at radius 3 is 2.71 bits per heavy atom. The van der Waals surface area contributed by atoms with Gasteiger partial charge in [-0.2, -0.15) is 0 Å². The molecular formula is C14H17NO2. The molecule has 1 aromatic rings. The Hall–Kier alpha value is -1.35. The van der Waals surface area contributed by atoms with E-state index in [4.69, 9.17) is 4.84 Å². The van der Waals surface area contributed by atoms with E-state index in [0.29, 0.717) is 5.92 Å². The van der Waals surface area contributed by atoms with Crippen LogP contribution < -0.4 is 5.48 Å². The van der Waals surface area contributed by atoms with Gasteiger partial charge in [0.1, 0.15) is 0 Å². The van der Waals surface area contributed by atoms with Crippen LogP contribution in [0.2, 0.25) is 0 Å². The molecule has 1 aliphatic carbocycles. The van der Waals surface area contributed by atoms with Crippen LogP contribution >= 0.6 is 0 Å². The Morgan fingerprint density at radius 2 is 1.88 bits per heavy atom. The molecule has 2 fully saturated rings. The van der Waals surface area contributed by atoms with E-state index in [-0.39, 0.29) is 17.9 Å². The van der Waals surface area contributed by atoms with Crippen LogP contribution in [-0.2, 0) is 9.63 Å². The van der Waals surface area contributed by atoms with Crippen LogP contribution in [0, 0.1) is 11.8 Å². The van der Waals surface area contributed by atoms with E-state index in [9.17, 15) is 4.79 Å². The van der Waals surface area contributed by atoms with Gasteiger partial charge in [0, 0.05) is 0 Å². The van der Waals surface area contributed by atoms with Crippen LogP contribution in [0.25, 0.3) is 0 Å². The first-order chi connectivity index (χ1) is 8.36. The zero-order valence-corrected chi connectivity index (χ0v) is 9.76. The van der Waals surface area contributed by atoms with E-state index >= 15 is 0 Å². The van der Waals surface area contributed by atoms with Crippen molar-refractivity contribution in [3.63, 3.8) is 0 Å². The average molecular weight is 231 g/mol. The van der Waals surface area contributed by atoms with Gasteiger partial charge in [0.25, 0.3) is 0 Å². The number of carbonyl (C=O) groups is 1. The molecule has 0 amide bonds. The SMILES string of the molecule is O=C1ONC(c2ccccc2)C2CCCCC12. The van der Waals surface area contributed by atoms with E-state index in [1.54, 1.807) is 0 Å². The maximum atomic E-state index is 11.7. The lowest BCUT2D eigenvalue weighted by atomic mass is 9.73. The van der Waals surface area contributed by atoms with E-state index in [1.807, 2.05) is 18.2 Å². The molecule has 0 radical (unpaired) electrons. The van der Waals surface area contributed by atoms with Gasteiger partial charge < -0.3 is 4.84 Å². The van der Waals surface area contributed by atoms with Crippen molar-refractivity contribution in [1.82, 2.24) is 5.48 Å². The fraction of sp³-hybridized carbons (Fsp3) is 0.500. The zero-order chi connectivity index (χ0) is 11.7. The van der Waals surface area contributed by atoms with E-state index < -0.39 is 0 Å². The normalized spacial score (nSPS) is 32.7. The Bertz CT molecular complexity index is 404. The number of hydrogen-bond acceptors (Lipinski definition) is 3. The van der Waals surface area contributed by atoms with Gasteiger partial charge in [-0.15, -0.1) is 5.48 Å². The summed E-state index contributed by atoms with van der Waals surface area (Å²) in [4.78, 5) is 16.8. The smallest absolute Gasteiger partial charge is 0.328 e. The Labute approximate surface area is 101 Å². The van der Waals surface area contributed by atoms with Crippen LogP contribution in [0.4, 0.5) is 0 Å². The molecule has 3 atom stereocenters. The summed E-state index contributed by atoms with van der Waals surface area (Å²) >= 11 is 0. The molecule has 1 aliphatic heterocycles. The summed E-state index contributed by atoms with van der Waals surface area (Å²) in [5.41, 5.74) is 4.15. The number of hydrogen-bond donors (Lipinski definition) is 1. The number of carbonyl (C=O) groups excluding carboxylic acids is 1. The maximum Gasteiger partial charge on any atom is 0.328 e. The summed E-state index contributed by atoms with van der Waals surface area (Å²) in [5.74, 6) is 0.421. The van der Waals surface area contributed by atoms with Gasteiger partial charge in [-0.3, -0.25) is 4.79 Å². The minimum absolute atomic E-state index is 0.0677. The van der Waals surface area contributed by atoms with Gasteiger partial charge >= 0.3 is 5.97 Å². The molecule has 0 spiro atoms. The monoisotopic (exact) mass is 231 g/mol. The number of fused-ring (bicyclic) bond motifs is 1. The minimum atomic E-state index is -0.0677. The topological polar surface area (TPSA) is 38.3 Å². The predicted octanol–water partition coefficient (Wildman–Crippen LogP) is 2.60. The van der Waals surface area contributed by atoms with Gasteiger partial charge in [0.15, 0.2) is 0 Å². The third-order valence-corrected chi connectivity index (χ3v) is 4.00. The van der Waals surface area contributed by atoms with Gasteiger partial charge in [-0.25, -0.2) is 0 Å².